The monoisotopic (exact) mass is 253 g/mol. The molecule has 1 N–H and O–H groups in total. The second kappa shape index (κ2) is 4.62. The van der Waals surface area contributed by atoms with Crippen LogP contribution in [0.3, 0.4) is 0 Å². The van der Waals surface area contributed by atoms with Gasteiger partial charge in [-0.05, 0) is 43.2 Å². The second-order valence-electron chi connectivity index (χ2n) is 5.45. The molecule has 1 aliphatic heterocycles. The highest BCUT2D eigenvalue weighted by molar-refractivity contribution is 6.18. The first-order chi connectivity index (χ1) is 8.31. The zero-order valence-electron chi connectivity index (χ0n) is 10.3. The summed E-state index contributed by atoms with van der Waals surface area (Å²) >= 11 is 6.07. The van der Waals surface area contributed by atoms with Crippen LogP contribution in [0.25, 0.3) is 0 Å². The molecule has 94 valence electrons. The van der Waals surface area contributed by atoms with E-state index in [9.17, 15) is 0 Å². The van der Waals surface area contributed by atoms with Crippen LogP contribution < -0.4 is 0 Å². The molecular weight excluding hydrogens is 234 g/mol. The molecule has 0 radical (unpaired) electrons. The van der Waals surface area contributed by atoms with Crippen LogP contribution in [0, 0.1) is 11.8 Å². The molecule has 4 heteroatoms. The number of H-pyrrole nitrogens is 1. The fraction of sp³-hybridized carbons (Fsp3) is 0.769. The Kier molecular flexibility index (Phi) is 3.14. The molecule has 0 spiro atoms. The first-order valence-electron chi connectivity index (χ1n) is 6.63. The summed E-state index contributed by atoms with van der Waals surface area (Å²) in [4.78, 5) is 2.62. The van der Waals surface area contributed by atoms with Gasteiger partial charge in [0.05, 0.1) is 6.20 Å². The summed E-state index contributed by atoms with van der Waals surface area (Å²) < 4.78 is 0. The maximum atomic E-state index is 6.07. The van der Waals surface area contributed by atoms with Crippen molar-refractivity contribution in [2.24, 2.45) is 11.8 Å². The number of hydrogen-bond acceptors (Lipinski definition) is 2. The van der Waals surface area contributed by atoms with Crippen molar-refractivity contribution in [3.05, 3.63) is 17.5 Å². The standard InChI is InChI=1S/C13H20ClN3/c1-2-17-8-9(6-14)3-10-4-12-11(5-13(10)17)7-15-16-12/h7,9-10,13H,2-6,8H2,1H3,(H,15,16). The zero-order chi connectivity index (χ0) is 11.8. The van der Waals surface area contributed by atoms with Gasteiger partial charge in [0.1, 0.15) is 0 Å². The van der Waals surface area contributed by atoms with Crippen molar-refractivity contribution in [2.45, 2.75) is 32.2 Å². The molecule has 1 aromatic heterocycles. The lowest BCUT2D eigenvalue weighted by molar-refractivity contribution is 0.0601. The van der Waals surface area contributed by atoms with Crippen molar-refractivity contribution in [3.63, 3.8) is 0 Å². The molecule has 3 rings (SSSR count). The molecule has 2 heterocycles. The van der Waals surface area contributed by atoms with Crippen molar-refractivity contribution in [2.75, 3.05) is 19.0 Å². The van der Waals surface area contributed by atoms with Gasteiger partial charge in [-0.25, -0.2) is 0 Å². The molecule has 1 fully saturated rings. The molecular formula is C13H20ClN3. The van der Waals surface area contributed by atoms with Gasteiger partial charge in [0.25, 0.3) is 0 Å². The lowest BCUT2D eigenvalue weighted by Crippen LogP contribution is -2.52. The molecule has 3 unspecified atom stereocenters. The Labute approximate surface area is 108 Å². The van der Waals surface area contributed by atoms with E-state index in [2.05, 4.69) is 22.0 Å². The summed E-state index contributed by atoms with van der Waals surface area (Å²) in [7, 11) is 0. The lowest BCUT2D eigenvalue weighted by atomic mass is 9.75. The van der Waals surface area contributed by atoms with Crippen LogP contribution in [0.15, 0.2) is 6.20 Å². The Hall–Kier alpha value is -0.540. The van der Waals surface area contributed by atoms with E-state index >= 15 is 0 Å². The molecule has 0 amide bonds. The fourth-order valence-electron chi connectivity index (χ4n) is 3.59. The zero-order valence-corrected chi connectivity index (χ0v) is 11.1. The minimum Gasteiger partial charge on any atom is -0.300 e. The number of rotatable bonds is 2. The van der Waals surface area contributed by atoms with Gasteiger partial charge < -0.3 is 0 Å². The highest BCUT2D eigenvalue weighted by Crippen LogP contribution is 2.36. The van der Waals surface area contributed by atoms with Crippen LogP contribution >= 0.6 is 11.6 Å². The van der Waals surface area contributed by atoms with Crippen LogP contribution in [0.4, 0.5) is 0 Å². The smallest absolute Gasteiger partial charge is 0.0522 e. The van der Waals surface area contributed by atoms with Crippen molar-refractivity contribution in [1.29, 1.82) is 0 Å². The van der Waals surface area contributed by atoms with E-state index in [0.717, 1.165) is 24.8 Å². The molecule has 1 saturated heterocycles. The number of likely N-dealkylation sites (tertiary alicyclic amines) is 1. The van der Waals surface area contributed by atoms with E-state index in [1.54, 1.807) is 0 Å². The van der Waals surface area contributed by atoms with Crippen LogP contribution in [-0.4, -0.2) is 40.1 Å². The summed E-state index contributed by atoms with van der Waals surface area (Å²) in [6.07, 6.45) is 5.61. The number of hydrogen-bond donors (Lipinski definition) is 1. The van der Waals surface area contributed by atoms with Gasteiger partial charge in [0, 0.05) is 24.2 Å². The van der Waals surface area contributed by atoms with E-state index < -0.39 is 0 Å². The summed E-state index contributed by atoms with van der Waals surface area (Å²) in [6, 6.07) is 0.713. The van der Waals surface area contributed by atoms with E-state index in [-0.39, 0.29) is 0 Å². The van der Waals surface area contributed by atoms with Gasteiger partial charge in [-0.15, -0.1) is 11.6 Å². The minimum absolute atomic E-state index is 0.669. The SMILES string of the molecule is CCN1CC(CCl)CC2Cc3[nH]ncc3CC21. The third kappa shape index (κ3) is 2.00. The first-order valence-corrected chi connectivity index (χ1v) is 7.16. The Morgan fingerprint density at radius 1 is 1.53 bits per heavy atom. The number of likely N-dealkylation sites (N-methyl/N-ethyl adjacent to an activating group) is 1. The second-order valence-corrected chi connectivity index (χ2v) is 5.76. The molecule has 0 saturated carbocycles. The van der Waals surface area contributed by atoms with Crippen LogP contribution in [0.1, 0.15) is 24.6 Å². The van der Waals surface area contributed by atoms with Crippen molar-refractivity contribution in [1.82, 2.24) is 15.1 Å². The number of alkyl halides is 1. The number of piperidine rings is 1. The van der Waals surface area contributed by atoms with Gasteiger partial charge in [-0.2, -0.15) is 5.10 Å². The molecule has 0 aromatic carbocycles. The van der Waals surface area contributed by atoms with Crippen LogP contribution in [0.2, 0.25) is 0 Å². The number of fused-ring (bicyclic) bond motifs is 2. The maximum absolute atomic E-state index is 6.07. The summed E-state index contributed by atoms with van der Waals surface area (Å²) in [5, 5.41) is 7.34. The van der Waals surface area contributed by atoms with Crippen molar-refractivity contribution in [3.8, 4) is 0 Å². The Morgan fingerprint density at radius 3 is 3.18 bits per heavy atom. The normalized spacial score (nSPS) is 33.2. The summed E-state index contributed by atoms with van der Waals surface area (Å²) in [5.41, 5.74) is 2.78. The van der Waals surface area contributed by atoms with E-state index in [1.165, 1.54) is 30.6 Å². The van der Waals surface area contributed by atoms with E-state index in [4.69, 9.17) is 11.6 Å². The number of nitrogens with one attached hydrogen (secondary N) is 1. The Balaban J connectivity index is 1.84. The van der Waals surface area contributed by atoms with Crippen LogP contribution in [0.5, 0.6) is 0 Å². The lowest BCUT2D eigenvalue weighted by Gasteiger charge is -2.46. The van der Waals surface area contributed by atoms with Gasteiger partial charge >= 0.3 is 0 Å². The molecule has 0 bridgehead atoms. The molecule has 2 aliphatic rings. The number of nitrogens with zero attached hydrogens (tertiary/aromatic N) is 2. The third-order valence-electron chi connectivity index (χ3n) is 4.47. The van der Waals surface area contributed by atoms with Gasteiger partial charge in [0.2, 0.25) is 0 Å². The number of aromatic amines is 1. The number of aromatic nitrogens is 2. The minimum atomic E-state index is 0.669. The van der Waals surface area contributed by atoms with E-state index in [1.807, 2.05) is 6.20 Å². The van der Waals surface area contributed by atoms with Crippen LogP contribution in [-0.2, 0) is 12.8 Å². The Bertz CT molecular complexity index is 390. The quantitative estimate of drug-likeness (QED) is 0.819. The van der Waals surface area contributed by atoms with Gasteiger partial charge in [-0.1, -0.05) is 6.92 Å². The topological polar surface area (TPSA) is 31.9 Å². The molecule has 1 aromatic rings. The molecule has 1 aliphatic carbocycles. The highest BCUT2D eigenvalue weighted by atomic mass is 35.5. The average Bonchev–Trinajstić information content (AvgIpc) is 2.81. The summed E-state index contributed by atoms with van der Waals surface area (Å²) in [5.74, 6) is 2.23. The van der Waals surface area contributed by atoms with Gasteiger partial charge in [-0.3, -0.25) is 10.00 Å². The highest BCUT2D eigenvalue weighted by Gasteiger charge is 2.38. The Morgan fingerprint density at radius 2 is 2.41 bits per heavy atom. The number of halogens is 1. The van der Waals surface area contributed by atoms with Crippen molar-refractivity contribution < 1.29 is 0 Å². The third-order valence-corrected chi connectivity index (χ3v) is 4.91. The molecule has 17 heavy (non-hydrogen) atoms. The maximum Gasteiger partial charge on any atom is 0.0522 e. The largest absolute Gasteiger partial charge is 0.300 e. The predicted molar refractivity (Wildman–Crippen MR) is 69.3 cm³/mol. The predicted octanol–water partition coefficient (Wildman–Crippen LogP) is 2.07. The summed E-state index contributed by atoms with van der Waals surface area (Å²) in [6.45, 7) is 4.58. The van der Waals surface area contributed by atoms with Gasteiger partial charge in [0.15, 0.2) is 0 Å². The van der Waals surface area contributed by atoms with Crippen molar-refractivity contribution >= 4 is 11.6 Å². The molecule has 3 atom stereocenters. The first kappa shape index (κ1) is 11.5. The average molecular weight is 254 g/mol. The molecule has 3 nitrogen and oxygen atoms in total. The van der Waals surface area contributed by atoms with E-state index in [0.29, 0.717) is 12.0 Å². The fourth-order valence-corrected chi connectivity index (χ4v) is 3.82.